The first kappa shape index (κ1) is 14.0. The van der Waals surface area contributed by atoms with Crippen LogP contribution in [0.25, 0.3) is 0 Å². The van der Waals surface area contributed by atoms with E-state index in [-0.39, 0.29) is 17.5 Å². The van der Waals surface area contributed by atoms with E-state index in [1.54, 1.807) is 12.1 Å². The maximum atomic E-state index is 11.0. The molecule has 4 nitrogen and oxygen atoms in total. The van der Waals surface area contributed by atoms with Crippen molar-refractivity contribution >= 4 is 9.84 Å². The molecule has 0 saturated heterocycles. The van der Waals surface area contributed by atoms with Crippen molar-refractivity contribution in [3.63, 3.8) is 0 Å². The van der Waals surface area contributed by atoms with Gasteiger partial charge in [-0.05, 0) is 12.5 Å². The molecule has 0 radical (unpaired) electrons. The van der Waals surface area contributed by atoms with Gasteiger partial charge in [-0.1, -0.05) is 25.1 Å². The molecular weight excluding hydrogens is 238 g/mol. The van der Waals surface area contributed by atoms with E-state index in [4.69, 9.17) is 0 Å². The highest BCUT2D eigenvalue weighted by Crippen LogP contribution is 2.25. The van der Waals surface area contributed by atoms with Crippen LogP contribution < -0.4 is 5.32 Å². The fourth-order valence-corrected chi connectivity index (χ4v) is 2.16. The number of rotatable bonds is 6. The second kappa shape index (κ2) is 6.02. The molecule has 0 spiro atoms. The summed E-state index contributed by atoms with van der Waals surface area (Å²) < 4.78 is 22.0. The van der Waals surface area contributed by atoms with Gasteiger partial charge >= 0.3 is 0 Å². The van der Waals surface area contributed by atoms with Gasteiger partial charge in [0.15, 0.2) is 0 Å². The third kappa shape index (κ3) is 4.75. The Morgan fingerprint density at radius 2 is 2.00 bits per heavy atom. The van der Waals surface area contributed by atoms with E-state index in [1.807, 2.05) is 19.1 Å². The quantitative estimate of drug-likeness (QED) is 0.810. The zero-order chi connectivity index (χ0) is 12.9. The Morgan fingerprint density at radius 1 is 1.35 bits per heavy atom. The average Bonchev–Trinajstić information content (AvgIpc) is 2.24. The minimum absolute atomic E-state index is 0.0158. The lowest BCUT2D eigenvalue weighted by atomic mass is 10.0. The second-order valence-electron chi connectivity index (χ2n) is 4.10. The smallest absolute Gasteiger partial charge is 0.148 e. The molecule has 0 aromatic heterocycles. The molecule has 1 rings (SSSR count). The number of hydrogen-bond acceptors (Lipinski definition) is 4. The van der Waals surface area contributed by atoms with E-state index in [9.17, 15) is 13.5 Å². The molecule has 1 unspecified atom stereocenters. The maximum absolute atomic E-state index is 11.0. The van der Waals surface area contributed by atoms with Crippen molar-refractivity contribution in [2.45, 2.75) is 19.4 Å². The number of hydrogen-bond donors (Lipinski definition) is 2. The summed E-state index contributed by atoms with van der Waals surface area (Å²) in [6.45, 7) is 2.39. The zero-order valence-corrected chi connectivity index (χ0v) is 11.0. The molecule has 1 atom stereocenters. The van der Waals surface area contributed by atoms with Gasteiger partial charge in [0, 0.05) is 24.4 Å². The summed E-state index contributed by atoms with van der Waals surface area (Å²) in [7, 11) is -2.95. The van der Waals surface area contributed by atoms with Crippen LogP contribution in [0.2, 0.25) is 0 Å². The van der Waals surface area contributed by atoms with Crippen molar-refractivity contribution in [1.82, 2.24) is 5.32 Å². The number of phenolic OH excluding ortho intramolecular Hbond substituents is 1. The molecule has 0 fully saturated rings. The Bertz CT molecular complexity index is 457. The molecule has 1 aromatic carbocycles. The van der Waals surface area contributed by atoms with Crippen LogP contribution in [0, 0.1) is 0 Å². The first-order valence-electron chi connectivity index (χ1n) is 5.63. The molecule has 0 saturated carbocycles. The highest BCUT2D eigenvalue weighted by atomic mass is 32.2. The minimum Gasteiger partial charge on any atom is -0.508 e. The van der Waals surface area contributed by atoms with Gasteiger partial charge in [0.05, 0.1) is 5.75 Å². The number of phenols is 1. The summed E-state index contributed by atoms with van der Waals surface area (Å²) in [4.78, 5) is 0. The van der Waals surface area contributed by atoms with E-state index in [2.05, 4.69) is 5.32 Å². The van der Waals surface area contributed by atoms with Crippen LogP contribution in [0.1, 0.15) is 24.9 Å². The Balaban J connectivity index is 2.64. The minimum atomic E-state index is -2.95. The second-order valence-corrected chi connectivity index (χ2v) is 6.36. The summed E-state index contributed by atoms with van der Waals surface area (Å²) in [5.41, 5.74) is 0.809. The van der Waals surface area contributed by atoms with Gasteiger partial charge < -0.3 is 10.4 Å². The van der Waals surface area contributed by atoms with Gasteiger partial charge in [0.1, 0.15) is 15.6 Å². The van der Waals surface area contributed by atoms with Gasteiger partial charge in [-0.15, -0.1) is 0 Å². The first-order valence-corrected chi connectivity index (χ1v) is 7.69. The third-order valence-corrected chi connectivity index (χ3v) is 3.53. The van der Waals surface area contributed by atoms with Crippen molar-refractivity contribution in [1.29, 1.82) is 0 Å². The Hall–Kier alpha value is -1.07. The maximum Gasteiger partial charge on any atom is 0.148 e. The van der Waals surface area contributed by atoms with Gasteiger partial charge in [0.25, 0.3) is 0 Å². The number of aromatic hydroxyl groups is 1. The molecule has 0 aliphatic carbocycles. The van der Waals surface area contributed by atoms with E-state index < -0.39 is 9.84 Å². The lowest BCUT2D eigenvalue weighted by molar-refractivity contribution is 0.445. The van der Waals surface area contributed by atoms with Crippen molar-refractivity contribution in [2.75, 3.05) is 18.6 Å². The molecule has 1 aromatic rings. The number of para-hydroxylation sites is 1. The average molecular weight is 257 g/mol. The summed E-state index contributed by atoms with van der Waals surface area (Å²) in [5.74, 6) is 0.350. The summed E-state index contributed by atoms with van der Waals surface area (Å²) >= 11 is 0. The molecule has 0 heterocycles. The van der Waals surface area contributed by atoms with Gasteiger partial charge in [-0.25, -0.2) is 8.42 Å². The Morgan fingerprint density at radius 3 is 2.53 bits per heavy atom. The summed E-state index contributed by atoms with van der Waals surface area (Å²) in [5, 5.41) is 12.9. The lowest BCUT2D eigenvalue weighted by Crippen LogP contribution is -2.26. The molecule has 0 amide bonds. The Labute approximate surface area is 103 Å². The lowest BCUT2D eigenvalue weighted by Gasteiger charge is -2.18. The number of sulfone groups is 1. The topological polar surface area (TPSA) is 66.4 Å². The fraction of sp³-hybridized carbons (Fsp3) is 0.500. The molecule has 96 valence electrons. The van der Waals surface area contributed by atoms with Crippen LogP contribution in [0.15, 0.2) is 24.3 Å². The van der Waals surface area contributed by atoms with E-state index >= 15 is 0 Å². The highest BCUT2D eigenvalue weighted by Gasteiger charge is 2.13. The number of benzene rings is 1. The molecule has 0 aliphatic rings. The molecule has 2 N–H and O–H groups in total. The van der Waals surface area contributed by atoms with Crippen molar-refractivity contribution in [2.24, 2.45) is 0 Å². The predicted molar refractivity (Wildman–Crippen MR) is 68.9 cm³/mol. The molecular formula is C12H19NO3S. The monoisotopic (exact) mass is 257 g/mol. The largest absolute Gasteiger partial charge is 0.508 e. The van der Waals surface area contributed by atoms with Crippen molar-refractivity contribution in [3.8, 4) is 5.75 Å². The van der Waals surface area contributed by atoms with Gasteiger partial charge in [0.2, 0.25) is 0 Å². The molecule has 17 heavy (non-hydrogen) atoms. The summed E-state index contributed by atoms with van der Waals surface area (Å²) in [6, 6.07) is 7.09. The van der Waals surface area contributed by atoms with Crippen LogP contribution in [-0.4, -0.2) is 32.1 Å². The summed E-state index contributed by atoms with van der Waals surface area (Å²) in [6.07, 6.45) is 2.01. The molecule has 5 heteroatoms. The standard InChI is InChI=1S/C12H19NO3S/c1-3-11(13-8-9-17(2,15)16)10-6-4-5-7-12(10)14/h4-7,11,13-14H,3,8-9H2,1-2H3. The Kier molecular flexibility index (Phi) is 4.96. The van der Waals surface area contributed by atoms with Crippen molar-refractivity contribution in [3.05, 3.63) is 29.8 Å². The van der Waals surface area contributed by atoms with Crippen LogP contribution in [0.3, 0.4) is 0 Å². The van der Waals surface area contributed by atoms with Gasteiger partial charge in [-0.3, -0.25) is 0 Å². The fourth-order valence-electron chi connectivity index (χ4n) is 1.67. The van der Waals surface area contributed by atoms with Crippen LogP contribution >= 0.6 is 0 Å². The van der Waals surface area contributed by atoms with Crippen molar-refractivity contribution < 1.29 is 13.5 Å². The normalized spacial score (nSPS) is 13.5. The van der Waals surface area contributed by atoms with E-state index in [0.29, 0.717) is 6.54 Å². The van der Waals surface area contributed by atoms with E-state index in [1.165, 1.54) is 6.26 Å². The number of nitrogens with one attached hydrogen (secondary N) is 1. The highest BCUT2D eigenvalue weighted by molar-refractivity contribution is 7.90. The van der Waals surface area contributed by atoms with Crippen LogP contribution in [-0.2, 0) is 9.84 Å². The zero-order valence-electron chi connectivity index (χ0n) is 10.2. The SMILES string of the molecule is CCC(NCCS(C)(=O)=O)c1ccccc1O. The predicted octanol–water partition coefficient (Wildman–Crippen LogP) is 1.48. The van der Waals surface area contributed by atoms with E-state index in [0.717, 1.165) is 12.0 Å². The molecule has 0 aliphatic heterocycles. The van der Waals surface area contributed by atoms with Crippen LogP contribution in [0.4, 0.5) is 0 Å². The molecule has 0 bridgehead atoms. The third-order valence-electron chi connectivity index (χ3n) is 2.58. The first-order chi connectivity index (χ1) is 7.94. The van der Waals surface area contributed by atoms with Gasteiger partial charge in [-0.2, -0.15) is 0 Å². The van der Waals surface area contributed by atoms with Crippen LogP contribution in [0.5, 0.6) is 5.75 Å².